The molecule has 2 rings (SSSR count). The first-order valence-corrected chi connectivity index (χ1v) is 6.21. The Morgan fingerprint density at radius 1 is 1.35 bits per heavy atom. The van der Waals surface area contributed by atoms with Crippen molar-refractivity contribution in [3.8, 4) is 17.1 Å². The highest BCUT2D eigenvalue weighted by Gasteiger charge is 2.06. The van der Waals surface area contributed by atoms with Gasteiger partial charge in [-0.3, -0.25) is 10.1 Å². The predicted molar refractivity (Wildman–Crippen MR) is 77.6 cm³/mol. The first-order valence-electron chi connectivity index (χ1n) is 6.21. The molecule has 1 aromatic carbocycles. The maximum Gasteiger partial charge on any atom is 0.191 e. The van der Waals surface area contributed by atoms with Gasteiger partial charge in [0.1, 0.15) is 11.6 Å². The third kappa shape index (κ3) is 3.25. The number of nitrogens with one attached hydrogen (secondary N) is 3. The maximum atomic E-state index is 5.12. The van der Waals surface area contributed by atoms with E-state index in [9.17, 15) is 0 Å². The lowest BCUT2D eigenvalue weighted by Gasteiger charge is -2.05. The van der Waals surface area contributed by atoms with Gasteiger partial charge in [-0.1, -0.05) is 0 Å². The molecule has 106 valence electrons. The number of H-pyrrole nitrogens is 1. The fourth-order valence-electron chi connectivity index (χ4n) is 1.69. The van der Waals surface area contributed by atoms with Crippen LogP contribution in [0.1, 0.15) is 5.82 Å². The van der Waals surface area contributed by atoms with Gasteiger partial charge >= 0.3 is 0 Å². The zero-order chi connectivity index (χ0) is 14.4. The molecule has 0 aliphatic carbocycles. The second-order valence-corrected chi connectivity index (χ2v) is 4.01. The molecular formula is C13H18N6O. The van der Waals surface area contributed by atoms with E-state index in [2.05, 4.69) is 30.8 Å². The number of guanidine groups is 1. The van der Waals surface area contributed by atoms with Crippen molar-refractivity contribution in [2.24, 2.45) is 4.99 Å². The smallest absolute Gasteiger partial charge is 0.191 e. The van der Waals surface area contributed by atoms with Gasteiger partial charge in [0.25, 0.3) is 0 Å². The third-order valence-corrected chi connectivity index (χ3v) is 2.76. The molecule has 0 amide bonds. The molecule has 0 spiro atoms. The molecule has 1 heterocycles. The van der Waals surface area contributed by atoms with Crippen LogP contribution in [0, 0.1) is 0 Å². The number of hydrogen-bond acceptors (Lipinski definition) is 4. The van der Waals surface area contributed by atoms with Gasteiger partial charge in [-0.2, -0.15) is 5.10 Å². The van der Waals surface area contributed by atoms with E-state index >= 15 is 0 Å². The normalized spacial score (nSPS) is 11.2. The monoisotopic (exact) mass is 274 g/mol. The van der Waals surface area contributed by atoms with Crippen molar-refractivity contribution in [1.82, 2.24) is 25.8 Å². The molecule has 0 bridgehead atoms. The summed E-state index contributed by atoms with van der Waals surface area (Å²) in [5.74, 6) is 2.91. The zero-order valence-electron chi connectivity index (χ0n) is 11.8. The predicted octanol–water partition coefficient (Wildman–Crippen LogP) is 0.775. The lowest BCUT2D eigenvalue weighted by atomic mass is 10.2. The van der Waals surface area contributed by atoms with Crippen LogP contribution in [0.25, 0.3) is 11.4 Å². The summed E-state index contributed by atoms with van der Waals surface area (Å²) >= 11 is 0. The minimum absolute atomic E-state index is 0.524. The van der Waals surface area contributed by atoms with Gasteiger partial charge in [0.15, 0.2) is 11.8 Å². The number of rotatable bonds is 4. The van der Waals surface area contributed by atoms with Gasteiger partial charge in [-0.05, 0) is 24.3 Å². The number of benzene rings is 1. The highest BCUT2D eigenvalue weighted by atomic mass is 16.5. The Balaban J connectivity index is 2.04. The largest absolute Gasteiger partial charge is 0.497 e. The van der Waals surface area contributed by atoms with Crippen molar-refractivity contribution in [2.45, 2.75) is 6.54 Å². The van der Waals surface area contributed by atoms with Crippen LogP contribution in [0.3, 0.4) is 0 Å². The van der Waals surface area contributed by atoms with E-state index in [1.54, 1.807) is 21.2 Å². The molecule has 3 N–H and O–H groups in total. The van der Waals surface area contributed by atoms with Crippen molar-refractivity contribution in [3.05, 3.63) is 30.1 Å². The molecule has 2 aromatic rings. The Morgan fingerprint density at radius 2 is 2.10 bits per heavy atom. The Labute approximate surface area is 117 Å². The fourth-order valence-corrected chi connectivity index (χ4v) is 1.69. The Hall–Kier alpha value is -2.57. The van der Waals surface area contributed by atoms with Gasteiger partial charge in [0, 0.05) is 19.7 Å². The maximum absolute atomic E-state index is 5.12. The van der Waals surface area contributed by atoms with Crippen LogP contribution >= 0.6 is 0 Å². The van der Waals surface area contributed by atoms with Crippen molar-refractivity contribution in [3.63, 3.8) is 0 Å². The lowest BCUT2D eigenvalue weighted by Crippen LogP contribution is -2.34. The van der Waals surface area contributed by atoms with Crippen LogP contribution in [-0.4, -0.2) is 42.3 Å². The Kier molecular flexibility index (Phi) is 4.54. The van der Waals surface area contributed by atoms with E-state index < -0.39 is 0 Å². The van der Waals surface area contributed by atoms with E-state index in [1.807, 2.05) is 24.3 Å². The molecule has 7 heteroatoms. The summed E-state index contributed by atoms with van der Waals surface area (Å²) in [6.07, 6.45) is 0. The second kappa shape index (κ2) is 6.55. The molecule has 0 saturated heterocycles. The summed E-state index contributed by atoms with van der Waals surface area (Å²) in [4.78, 5) is 8.45. The van der Waals surface area contributed by atoms with E-state index in [0.29, 0.717) is 18.3 Å². The lowest BCUT2D eigenvalue weighted by molar-refractivity contribution is 0.415. The number of aromatic nitrogens is 3. The summed E-state index contributed by atoms with van der Waals surface area (Å²) in [7, 11) is 5.15. The number of nitrogens with zero attached hydrogens (tertiary/aromatic N) is 3. The Morgan fingerprint density at radius 3 is 2.70 bits per heavy atom. The molecule has 0 atom stereocenters. The summed E-state index contributed by atoms with van der Waals surface area (Å²) in [6.45, 7) is 0.524. The molecule has 0 unspecified atom stereocenters. The molecule has 20 heavy (non-hydrogen) atoms. The molecule has 0 fully saturated rings. The van der Waals surface area contributed by atoms with E-state index in [1.165, 1.54) is 0 Å². The summed E-state index contributed by atoms with van der Waals surface area (Å²) < 4.78 is 5.12. The molecule has 1 aromatic heterocycles. The highest BCUT2D eigenvalue weighted by Crippen LogP contribution is 2.18. The van der Waals surface area contributed by atoms with Gasteiger partial charge in [0.05, 0.1) is 13.7 Å². The standard InChI is InChI=1S/C13H18N6O/c1-14-13(15-2)16-8-11-17-12(19-18-11)9-4-6-10(20-3)7-5-9/h4-7H,8H2,1-3H3,(H2,14,15,16)(H,17,18,19). The summed E-state index contributed by atoms with van der Waals surface area (Å²) in [6, 6.07) is 7.61. The number of ether oxygens (including phenoxy) is 1. The number of aliphatic imine (C=N–C) groups is 1. The average molecular weight is 274 g/mol. The van der Waals surface area contributed by atoms with Crippen LogP contribution in [0.4, 0.5) is 0 Å². The van der Waals surface area contributed by atoms with Crippen molar-refractivity contribution >= 4 is 5.96 Å². The van der Waals surface area contributed by atoms with E-state index in [4.69, 9.17) is 4.74 Å². The third-order valence-electron chi connectivity index (χ3n) is 2.76. The molecule has 0 radical (unpaired) electrons. The number of hydrogen-bond donors (Lipinski definition) is 3. The minimum Gasteiger partial charge on any atom is -0.497 e. The van der Waals surface area contributed by atoms with Gasteiger partial charge in [-0.15, -0.1) is 0 Å². The molecule has 0 aliphatic heterocycles. The first-order chi connectivity index (χ1) is 9.76. The van der Waals surface area contributed by atoms with Gasteiger partial charge in [-0.25, -0.2) is 4.98 Å². The molecule has 0 aliphatic rings. The first kappa shape index (κ1) is 13.9. The second-order valence-electron chi connectivity index (χ2n) is 4.01. The van der Waals surface area contributed by atoms with Crippen LogP contribution in [-0.2, 0) is 6.54 Å². The van der Waals surface area contributed by atoms with Crippen molar-refractivity contribution in [1.29, 1.82) is 0 Å². The van der Waals surface area contributed by atoms with E-state index in [-0.39, 0.29) is 0 Å². The molecule has 0 saturated carbocycles. The van der Waals surface area contributed by atoms with Crippen molar-refractivity contribution < 1.29 is 4.74 Å². The fraction of sp³-hybridized carbons (Fsp3) is 0.308. The van der Waals surface area contributed by atoms with Gasteiger partial charge in [0.2, 0.25) is 0 Å². The average Bonchev–Trinajstić information content (AvgIpc) is 2.97. The topological polar surface area (TPSA) is 87.2 Å². The minimum atomic E-state index is 0.524. The van der Waals surface area contributed by atoms with Crippen LogP contribution in [0.2, 0.25) is 0 Å². The van der Waals surface area contributed by atoms with Crippen LogP contribution < -0.4 is 15.4 Å². The quantitative estimate of drug-likeness (QED) is 0.566. The highest BCUT2D eigenvalue weighted by molar-refractivity contribution is 5.79. The summed E-state index contributed by atoms with van der Waals surface area (Å²) in [5.41, 5.74) is 0.936. The number of aromatic amines is 1. The van der Waals surface area contributed by atoms with Crippen LogP contribution in [0.15, 0.2) is 29.3 Å². The Bertz CT molecular complexity index is 575. The van der Waals surface area contributed by atoms with E-state index in [0.717, 1.165) is 17.1 Å². The van der Waals surface area contributed by atoms with Crippen molar-refractivity contribution in [2.75, 3.05) is 21.2 Å². The molecular weight excluding hydrogens is 256 g/mol. The van der Waals surface area contributed by atoms with Gasteiger partial charge < -0.3 is 15.4 Å². The SMILES string of the molecule is CN=C(NC)NCc1nc(-c2ccc(OC)cc2)n[nH]1. The van der Waals surface area contributed by atoms with Crippen LogP contribution in [0.5, 0.6) is 5.75 Å². The zero-order valence-corrected chi connectivity index (χ0v) is 11.8. The summed E-state index contributed by atoms with van der Waals surface area (Å²) in [5, 5.41) is 13.1. The molecule has 7 nitrogen and oxygen atoms in total. The number of methoxy groups -OCH3 is 1.